The van der Waals surface area contributed by atoms with Crippen LogP contribution in [-0.4, -0.2) is 77.9 Å². The van der Waals surface area contributed by atoms with Gasteiger partial charge in [0, 0.05) is 51.5 Å². The van der Waals surface area contributed by atoms with Gasteiger partial charge in [-0.15, -0.1) is 0 Å². The van der Waals surface area contributed by atoms with E-state index in [4.69, 9.17) is 0 Å². The van der Waals surface area contributed by atoms with Gasteiger partial charge in [-0.2, -0.15) is 0 Å². The van der Waals surface area contributed by atoms with Gasteiger partial charge in [-0.05, 0) is 44.9 Å². The van der Waals surface area contributed by atoms with Gasteiger partial charge in [0.2, 0.25) is 0 Å². The first-order valence-electron chi connectivity index (χ1n) is 9.05. The molecule has 3 heterocycles. The Kier molecular flexibility index (Phi) is 5.68. The summed E-state index contributed by atoms with van der Waals surface area (Å²) in [6, 6.07) is 3.61. The Morgan fingerprint density at radius 3 is 2.75 bits per heavy atom. The van der Waals surface area contributed by atoms with Crippen LogP contribution in [0.3, 0.4) is 0 Å². The highest BCUT2D eigenvalue weighted by Gasteiger charge is 2.29. The smallest absolute Gasteiger partial charge is 0.260 e. The minimum absolute atomic E-state index is 0.111. The number of likely N-dealkylation sites (N-methyl/N-ethyl adjacent to an activating group) is 1. The quantitative estimate of drug-likeness (QED) is 0.894. The van der Waals surface area contributed by atoms with E-state index in [1.807, 2.05) is 4.90 Å². The molecule has 3 rings (SSSR count). The SMILES string of the molecule is CN1CCN(CC[C@@H]2CCCCN2C(=O)c2ccc[nH]c2=O)CC1. The predicted octanol–water partition coefficient (Wildman–Crippen LogP) is 1.01. The van der Waals surface area contributed by atoms with E-state index in [2.05, 4.69) is 21.8 Å². The highest BCUT2D eigenvalue weighted by atomic mass is 16.2. The van der Waals surface area contributed by atoms with Crippen molar-refractivity contribution in [2.75, 3.05) is 46.3 Å². The number of carbonyl (C=O) groups excluding carboxylic acids is 1. The van der Waals surface area contributed by atoms with E-state index in [9.17, 15) is 9.59 Å². The van der Waals surface area contributed by atoms with Gasteiger partial charge in [0.15, 0.2) is 0 Å². The van der Waals surface area contributed by atoms with Crippen LogP contribution >= 0.6 is 0 Å². The fourth-order valence-corrected chi connectivity index (χ4v) is 3.72. The molecule has 2 saturated heterocycles. The number of piperazine rings is 1. The van der Waals surface area contributed by atoms with Crippen molar-refractivity contribution in [2.24, 2.45) is 0 Å². The summed E-state index contributed by atoms with van der Waals surface area (Å²) < 4.78 is 0. The Labute approximate surface area is 143 Å². The maximum atomic E-state index is 12.8. The van der Waals surface area contributed by atoms with Crippen LogP contribution in [0.25, 0.3) is 0 Å². The Bertz CT molecular complexity index is 607. The maximum absolute atomic E-state index is 12.8. The van der Waals surface area contributed by atoms with Crippen molar-refractivity contribution in [2.45, 2.75) is 31.7 Å². The number of hydrogen-bond donors (Lipinski definition) is 1. The van der Waals surface area contributed by atoms with E-state index in [1.54, 1.807) is 18.3 Å². The summed E-state index contributed by atoms with van der Waals surface area (Å²) in [4.78, 5) is 34.1. The second-order valence-electron chi connectivity index (χ2n) is 6.99. The molecule has 1 N–H and O–H groups in total. The lowest BCUT2D eigenvalue weighted by Crippen LogP contribution is -2.49. The molecule has 0 bridgehead atoms. The topological polar surface area (TPSA) is 59.6 Å². The van der Waals surface area contributed by atoms with E-state index in [1.165, 1.54) is 6.42 Å². The van der Waals surface area contributed by atoms with Crippen LogP contribution in [0.1, 0.15) is 36.0 Å². The Hall–Kier alpha value is -1.66. The number of amides is 1. The number of likely N-dealkylation sites (tertiary alicyclic amines) is 1. The number of H-pyrrole nitrogens is 1. The van der Waals surface area contributed by atoms with Crippen molar-refractivity contribution < 1.29 is 4.79 Å². The summed E-state index contributed by atoms with van der Waals surface area (Å²) in [7, 11) is 2.16. The monoisotopic (exact) mass is 332 g/mol. The number of aromatic nitrogens is 1. The van der Waals surface area contributed by atoms with E-state index >= 15 is 0 Å². The summed E-state index contributed by atoms with van der Waals surface area (Å²) in [6.07, 6.45) is 5.81. The van der Waals surface area contributed by atoms with Crippen LogP contribution in [0.5, 0.6) is 0 Å². The van der Waals surface area contributed by atoms with E-state index in [0.717, 1.165) is 58.5 Å². The minimum Gasteiger partial charge on any atom is -0.335 e. The van der Waals surface area contributed by atoms with Crippen molar-refractivity contribution in [1.29, 1.82) is 0 Å². The molecule has 2 aliphatic heterocycles. The number of nitrogens with one attached hydrogen (secondary N) is 1. The standard InChI is InChI=1S/C18H28N4O2/c1-20-11-13-21(14-12-20)10-7-15-5-2-3-9-22(15)18(24)16-6-4-8-19-17(16)23/h4,6,8,15H,2-3,5,7,9-14H2,1H3,(H,19,23)/t15-/m0/s1. The number of carbonyl (C=O) groups is 1. The van der Waals surface area contributed by atoms with Crippen molar-refractivity contribution >= 4 is 5.91 Å². The molecular formula is C18H28N4O2. The molecule has 132 valence electrons. The summed E-state index contributed by atoms with van der Waals surface area (Å²) in [6.45, 7) is 6.25. The first-order valence-corrected chi connectivity index (χ1v) is 9.05. The van der Waals surface area contributed by atoms with E-state index < -0.39 is 0 Å². The van der Waals surface area contributed by atoms with Gasteiger partial charge in [0.25, 0.3) is 11.5 Å². The lowest BCUT2D eigenvalue weighted by atomic mass is 9.98. The normalized spacial score (nSPS) is 23.4. The summed E-state index contributed by atoms with van der Waals surface area (Å²) in [5.74, 6) is -0.111. The second kappa shape index (κ2) is 7.94. The van der Waals surface area contributed by atoms with Crippen molar-refractivity contribution in [1.82, 2.24) is 19.7 Å². The predicted molar refractivity (Wildman–Crippen MR) is 94.3 cm³/mol. The number of nitrogens with zero attached hydrogens (tertiary/aromatic N) is 3. The van der Waals surface area contributed by atoms with Crippen LogP contribution in [0.15, 0.2) is 23.1 Å². The van der Waals surface area contributed by atoms with Gasteiger partial charge in [0.1, 0.15) is 5.56 Å². The molecule has 2 fully saturated rings. The molecular weight excluding hydrogens is 304 g/mol. The van der Waals surface area contributed by atoms with Crippen molar-refractivity contribution in [3.8, 4) is 0 Å². The summed E-state index contributed by atoms with van der Waals surface area (Å²) in [5, 5.41) is 0. The van der Waals surface area contributed by atoms with E-state index in [-0.39, 0.29) is 23.1 Å². The van der Waals surface area contributed by atoms with Gasteiger partial charge >= 0.3 is 0 Å². The summed E-state index contributed by atoms with van der Waals surface area (Å²) >= 11 is 0. The van der Waals surface area contributed by atoms with Gasteiger partial charge < -0.3 is 19.7 Å². The fraction of sp³-hybridized carbons (Fsp3) is 0.667. The number of aromatic amines is 1. The third-order valence-corrected chi connectivity index (χ3v) is 5.31. The lowest BCUT2D eigenvalue weighted by Gasteiger charge is -2.38. The van der Waals surface area contributed by atoms with Gasteiger partial charge in [-0.1, -0.05) is 0 Å². The highest BCUT2D eigenvalue weighted by Crippen LogP contribution is 2.22. The molecule has 0 unspecified atom stereocenters. The number of hydrogen-bond acceptors (Lipinski definition) is 4. The molecule has 0 radical (unpaired) electrons. The van der Waals surface area contributed by atoms with E-state index in [0.29, 0.717) is 0 Å². The lowest BCUT2D eigenvalue weighted by molar-refractivity contribution is 0.0568. The molecule has 6 heteroatoms. The number of piperidine rings is 1. The average molecular weight is 332 g/mol. The Morgan fingerprint density at radius 1 is 1.21 bits per heavy atom. The first-order chi connectivity index (χ1) is 11.6. The van der Waals surface area contributed by atoms with Crippen LogP contribution < -0.4 is 5.56 Å². The molecule has 1 amide bonds. The maximum Gasteiger partial charge on any atom is 0.260 e. The number of rotatable bonds is 4. The molecule has 1 aromatic heterocycles. The number of pyridine rings is 1. The molecule has 0 spiro atoms. The third kappa shape index (κ3) is 4.05. The molecule has 24 heavy (non-hydrogen) atoms. The van der Waals surface area contributed by atoms with Crippen molar-refractivity contribution in [3.63, 3.8) is 0 Å². The molecule has 0 saturated carbocycles. The average Bonchev–Trinajstić information content (AvgIpc) is 2.61. The molecule has 1 aromatic rings. The zero-order valence-corrected chi connectivity index (χ0v) is 14.5. The molecule has 0 aromatic carbocycles. The molecule has 2 aliphatic rings. The summed E-state index contributed by atoms with van der Waals surface area (Å²) in [5.41, 5.74) is -0.0186. The largest absolute Gasteiger partial charge is 0.335 e. The fourth-order valence-electron chi connectivity index (χ4n) is 3.72. The van der Waals surface area contributed by atoms with Gasteiger partial charge in [0.05, 0.1) is 0 Å². The molecule has 0 aliphatic carbocycles. The van der Waals surface area contributed by atoms with Crippen LogP contribution in [0, 0.1) is 0 Å². The zero-order valence-electron chi connectivity index (χ0n) is 14.5. The molecule has 1 atom stereocenters. The Morgan fingerprint density at radius 2 is 2.00 bits per heavy atom. The first kappa shape index (κ1) is 17.2. The second-order valence-corrected chi connectivity index (χ2v) is 6.99. The Balaban J connectivity index is 1.62. The highest BCUT2D eigenvalue weighted by molar-refractivity contribution is 5.94. The molecule has 6 nitrogen and oxygen atoms in total. The van der Waals surface area contributed by atoms with Crippen LogP contribution in [0.2, 0.25) is 0 Å². The van der Waals surface area contributed by atoms with Crippen LogP contribution in [-0.2, 0) is 0 Å². The van der Waals surface area contributed by atoms with Crippen molar-refractivity contribution in [3.05, 3.63) is 34.2 Å². The van der Waals surface area contributed by atoms with Crippen LogP contribution in [0.4, 0.5) is 0 Å². The van der Waals surface area contributed by atoms with Gasteiger partial charge in [-0.25, -0.2) is 0 Å². The minimum atomic E-state index is -0.286. The third-order valence-electron chi connectivity index (χ3n) is 5.31. The zero-order chi connectivity index (χ0) is 16.9. The van der Waals surface area contributed by atoms with Gasteiger partial charge in [-0.3, -0.25) is 9.59 Å².